The van der Waals surface area contributed by atoms with Gasteiger partial charge in [-0.1, -0.05) is 35.2 Å². The SMILES string of the molecule is COc1ccc(-c2oc(NC(=O)CSc3nnc(N)s3)c(C#N)c2-c2ccc(OC)cc2)cc1. The molecule has 4 rings (SSSR count). The Kier molecular flexibility index (Phi) is 7.01. The van der Waals surface area contributed by atoms with Crippen molar-refractivity contribution in [2.45, 2.75) is 4.34 Å². The summed E-state index contributed by atoms with van der Waals surface area (Å²) in [5.74, 6) is 1.58. The number of hydrogen-bond donors (Lipinski definition) is 2. The van der Waals surface area contributed by atoms with E-state index in [1.165, 1.54) is 23.1 Å². The van der Waals surface area contributed by atoms with Crippen molar-refractivity contribution in [1.29, 1.82) is 5.26 Å². The van der Waals surface area contributed by atoms with Gasteiger partial charge in [-0.25, -0.2) is 0 Å². The highest BCUT2D eigenvalue weighted by molar-refractivity contribution is 8.01. The van der Waals surface area contributed by atoms with E-state index in [1.807, 2.05) is 24.3 Å². The number of nitrogens with two attached hydrogens (primary N) is 1. The van der Waals surface area contributed by atoms with E-state index in [9.17, 15) is 10.1 Å². The van der Waals surface area contributed by atoms with Gasteiger partial charge in [-0.05, 0) is 42.0 Å². The molecule has 11 heteroatoms. The number of nitriles is 1. The first-order valence-electron chi connectivity index (χ1n) is 9.89. The molecule has 0 saturated heterocycles. The molecule has 0 atom stereocenters. The van der Waals surface area contributed by atoms with E-state index >= 15 is 0 Å². The third-order valence-electron chi connectivity index (χ3n) is 4.75. The maximum Gasteiger partial charge on any atom is 0.237 e. The molecule has 0 bridgehead atoms. The molecule has 2 heterocycles. The van der Waals surface area contributed by atoms with Gasteiger partial charge in [-0.3, -0.25) is 10.1 Å². The quantitative estimate of drug-likeness (QED) is 0.336. The van der Waals surface area contributed by atoms with Crippen LogP contribution in [0.4, 0.5) is 11.0 Å². The van der Waals surface area contributed by atoms with E-state index in [0.29, 0.717) is 32.3 Å². The van der Waals surface area contributed by atoms with Crippen molar-refractivity contribution < 1.29 is 18.7 Å². The number of benzene rings is 2. The molecular formula is C23H19N5O4S2. The van der Waals surface area contributed by atoms with Gasteiger partial charge in [0.05, 0.1) is 20.0 Å². The number of ether oxygens (including phenoxy) is 2. The molecule has 0 saturated carbocycles. The third kappa shape index (κ3) is 4.98. The predicted octanol–water partition coefficient (Wildman–Crippen LogP) is 4.67. The van der Waals surface area contributed by atoms with E-state index in [-0.39, 0.29) is 23.1 Å². The van der Waals surface area contributed by atoms with Gasteiger partial charge in [-0.15, -0.1) is 10.2 Å². The molecule has 1 amide bonds. The minimum Gasteiger partial charge on any atom is -0.497 e. The lowest BCUT2D eigenvalue weighted by atomic mass is 9.98. The Morgan fingerprint density at radius 1 is 1.09 bits per heavy atom. The van der Waals surface area contributed by atoms with Crippen LogP contribution in [0.15, 0.2) is 57.3 Å². The number of nitrogens with one attached hydrogen (secondary N) is 1. The average molecular weight is 494 g/mol. The molecule has 2 aromatic carbocycles. The van der Waals surface area contributed by atoms with E-state index < -0.39 is 0 Å². The van der Waals surface area contributed by atoms with Crippen LogP contribution in [-0.2, 0) is 4.79 Å². The van der Waals surface area contributed by atoms with Crippen LogP contribution in [0.25, 0.3) is 22.5 Å². The molecule has 172 valence electrons. The van der Waals surface area contributed by atoms with Crippen molar-refractivity contribution in [2.75, 3.05) is 31.0 Å². The Morgan fingerprint density at radius 3 is 2.24 bits per heavy atom. The van der Waals surface area contributed by atoms with Crippen LogP contribution in [-0.4, -0.2) is 36.1 Å². The number of methoxy groups -OCH3 is 2. The van der Waals surface area contributed by atoms with Gasteiger partial charge in [-0.2, -0.15) is 5.26 Å². The number of nitrogens with zero attached hydrogens (tertiary/aromatic N) is 3. The van der Waals surface area contributed by atoms with Crippen molar-refractivity contribution >= 4 is 40.0 Å². The molecule has 34 heavy (non-hydrogen) atoms. The summed E-state index contributed by atoms with van der Waals surface area (Å²) >= 11 is 2.39. The van der Waals surface area contributed by atoms with Gasteiger partial charge in [0.2, 0.25) is 16.9 Å². The highest BCUT2D eigenvalue weighted by atomic mass is 32.2. The average Bonchev–Trinajstić information content (AvgIpc) is 3.45. The van der Waals surface area contributed by atoms with Crippen molar-refractivity contribution in [1.82, 2.24) is 10.2 Å². The lowest BCUT2D eigenvalue weighted by Crippen LogP contribution is -2.14. The normalized spacial score (nSPS) is 10.5. The highest BCUT2D eigenvalue weighted by Crippen LogP contribution is 2.42. The maximum atomic E-state index is 12.6. The standard InChI is InChI=1S/C23H19N5O4S2/c1-30-15-7-3-13(4-8-15)19-17(11-24)21(26-18(29)12-33-23-28-27-22(25)34-23)32-20(19)14-5-9-16(31-2)10-6-14/h3-10H,12H2,1-2H3,(H2,25,27)(H,26,29). The number of furan rings is 1. The number of thioether (sulfide) groups is 1. The molecule has 0 aliphatic rings. The topological polar surface area (TPSA) is 136 Å². The summed E-state index contributed by atoms with van der Waals surface area (Å²) in [6.07, 6.45) is 0. The molecule has 0 radical (unpaired) electrons. The molecule has 9 nitrogen and oxygen atoms in total. The van der Waals surface area contributed by atoms with Gasteiger partial charge >= 0.3 is 0 Å². The Balaban J connectivity index is 1.70. The largest absolute Gasteiger partial charge is 0.497 e. The molecule has 3 N–H and O–H groups in total. The number of aromatic nitrogens is 2. The smallest absolute Gasteiger partial charge is 0.237 e. The second kappa shape index (κ2) is 10.3. The molecule has 0 spiro atoms. The molecule has 0 aliphatic carbocycles. The number of rotatable bonds is 8. The number of carbonyl (C=O) groups is 1. The van der Waals surface area contributed by atoms with Crippen LogP contribution in [0.2, 0.25) is 0 Å². The van der Waals surface area contributed by atoms with Crippen LogP contribution >= 0.6 is 23.1 Å². The van der Waals surface area contributed by atoms with Gasteiger partial charge in [0, 0.05) is 11.1 Å². The number of hydrogen-bond acceptors (Lipinski definition) is 10. The lowest BCUT2D eigenvalue weighted by Gasteiger charge is -2.06. The van der Waals surface area contributed by atoms with Gasteiger partial charge in [0.15, 0.2) is 4.34 Å². The summed E-state index contributed by atoms with van der Waals surface area (Å²) in [4.78, 5) is 12.6. The molecule has 0 unspecified atom stereocenters. The number of amides is 1. The summed E-state index contributed by atoms with van der Waals surface area (Å²) in [5, 5.41) is 20.6. The van der Waals surface area contributed by atoms with Crippen molar-refractivity contribution in [3.8, 4) is 40.0 Å². The summed E-state index contributed by atoms with van der Waals surface area (Å²) < 4.78 is 17.1. The molecule has 2 aromatic heterocycles. The number of nitrogen functional groups attached to an aromatic ring is 1. The van der Waals surface area contributed by atoms with E-state index in [2.05, 4.69) is 21.6 Å². The summed E-state index contributed by atoms with van der Waals surface area (Å²) in [6, 6.07) is 16.7. The van der Waals surface area contributed by atoms with Crippen molar-refractivity contribution in [3.63, 3.8) is 0 Å². The minimum absolute atomic E-state index is 0.0515. The van der Waals surface area contributed by atoms with Crippen molar-refractivity contribution in [3.05, 3.63) is 54.1 Å². The molecule has 0 aliphatic heterocycles. The van der Waals surface area contributed by atoms with E-state index in [1.54, 1.807) is 38.5 Å². The van der Waals surface area contributed by atoms with Crippen LogP contribution in [0, 0.1) is 11.3 Å². The maximum absolute atomic E-state index is 12.6. The third-order valence-corrected chi connectivity index (χ3v) is 6.64. The zero-order valence-electron chi connectivity index (χ0n) is 18.2. The van der Waals surface area contributed by atoms with E-state index in [4.69, 9.17) is 19.6 Å². The predicted molar refractivity (Wildman–Crippen MR) is 131 cm³/mol. The Bertz CT molecular complexity index is 1340. The second-order valence-electron chi connectivity index (χ2n) is 6.82. The second-order valence-corrected chi connectivity index (χ2v) is 9.05. The zero-order chi connectivity index (χ0) is 24.1. The Hall–Kier alpha value is -4.01. The van der Waals surface area contributed by atoms with E-state index in [0.717, 1.165) is 11.1 Å². The monoisotopic (exact) mass is 493 g/mol. The molecular weight excluding hydrogens is 474 g/mol. The van der Waals surface area contributed by atoms with Gasteiger partial charge in [0.1, 0.15) is 28.9 Å². The summed E-state index contributed by atoms with van der Waals surface area (Å²) in [6.45, 7) is 0. The summed E-state index contributed by atoms with van der Waals surface area (Å²) in [5.41, 5.74) is 7.83. The fourth-order valence-corrected chi connectivity index (χ4v) is 4.61. The zero-order valence-corrected chi connectivity index (χ0v) is 19.8. The molecule has 4 aromatic rings. The van der Waals surface area contributed by atoms with Crippen LogP contribution in [0.3, 0.4) is 0 Å². The lowest BCUT2D eigenvalue weighted by molar-refractivity contribution is -0.113. The van der Waals surface area contributed by atoms with Gasteiger partial charge in [0.25, 0.3) is 0 Å². The Morgan fingerprint density at radius 2 is 1.71 bits per heavy atom. The first-order chi connectivity index (χ1) is 16.5. The van der Waals surface area contributed by atoms with Gasteiger partial charge < -0.3 is 19.6 Å². The summed E-state index contributed by atoms with van der Waals surface area (Å²) in [7, 11) is 3.17. The Labute approximate surface area is 203 Å². The fraction of sp³-hybridized carbons (Fsp3) is 0.130. The first-order valence-corrected chi connectivity index (χ1v) is 11.7. The van der Waals surface area contributed by atoms with Crippen LogP contribution < -0.4 is 20.5 Å². The minimum atomic E-state index is -0.355. The number of anilines is 2. The van der Waals surface area contributed by atoms with Crippen LogP contribution in [0.5, 0.6) is 11.5 Å². The fourth-order valence-electron chi connectivity index (χ4n) is 3.17. The first kappa shape index (κ1) is 23.2. The highest BCUT2D eigenvalue weighted by Gasteiger charge is 2.24. The van der Waals surface area contributed by atoms with Crippen molar-refractivity contribution in [2.24, 2.45) is 0 Å². The van der Waals surface area contributed by atoms with Crippen LogP contribution in [0.1, 0.15) is 5.56 Å². The molecule has 0 fully saturated rings. The number of carbonyl (C=O) groups excluding carboxylic acids is 1.